The number of hydrogen-bond acceptors (Lipinski definition) is 6. The van der Waals surface area contributed by atoms with Crippen molar-refractivity contribution in [1.29, 1.82) is 0 Å². The maximum absolute atomic E-state index is 13.0. The maximum Gasteiger partial charge on any atom is 0.243 e. The van der Waals surface area contributed by atoms with E-state index < -0.39 is 10.0 Å². The number of aryl methyl sites for hydroxylation is 2. The third-order valence-corrected chi connectivity index (χ3v) is 7.92. The fourth-order valence-corrected chi connectivity index (χ4v) is 5.79. The number of benzene rings is 1. The molecule has 4 rings (SSSR count). The molecule has 1 saturated heterocycles. The van der Waals surface area contributed by atoms with Gasteiger partial charge in [-0.1, -0.05) is 17.8 Å². The number of piperazine rings is 1. The van der Waals surface area contributed by atoms with Crippen LogP contribution in [0.2, 0.25) is 0 Å². The molecular weight excluding hydrogens is 396 g/mol. The van der Waals surface area contributed by atoms with Gasteiger partial charge in [-0.25, -0.2) is 18.4 Å². The van der Waals surface area contributed by atoms with Crippen molar-refractivity contribution in [2.75, 3.05) is 31.9 Å². The van der Waals surface area contributed by atoms with Gasteiger partial charge in [-0.2, -0.15) is 4.31 Å². The summed E-state index contributed by atoms with van der Waals surface area (Å²) in [4.78, 5) is 22.7. The topological polar surface area (TPSA) is 83.5 Å². The van der Waals surface area contributed by atoms with E-state index in [1.807, 2.05) is 12.1 Å². The molecule has 1 aromatic heterocycles. The van der Waals surface area contributed by atoms with E-state index >= 15 is 0 Å². The SMILES string of the molecule is O=C(CSc1ncccn1)N1CCN(S(=O)(=O)c2ccc3c(c2)CCC3)CC1. The van der Waals surface area contributed by atoms with Gasteiger partial charge in [-0.15, -0.1) is 0 Å². The van der Waals surface area contributed by atoms with Crippen LogP contribution >= 0.6 is 11.8 Å². The molecule has 1 aliphatic heterocycles. The van der Waals surface area contributed by atoms with Gasteiger partial charge in [0, 0.05) is 38.6 Å². The van der Waals surface area contributed by atoms with Crippen LogP contribution in [0.25, 0.3) is 0 Å². The number of nitrogens with zero attached hydrogens (tertiary/aromatic N) is 4. The number of aromatic nitrogens is 2. The average Bonchev–Trinajstić information content (AvgIpc) is 3.21. The predicted octanol–water partition coefficient (Wildman–Crippen LogP) is 1.59. The summed E-state index contributed by atoms with van der Waals surface area (Å²) >= 11 is 1.29. The van der Waals surface area contributed by atoms with Gasteiger partial charge in [0.2, 0.25) is 15.9 Å². The first kappa shape index (κ1) is 19.4. The molecule has 28 heavy (non-hydrogen) atoms. The Balaban J connectivity index is 1.35. The number of sulfonamides is 1. The highest BCUT2D eigenvalue weighted by atomic mass is 32.2. The van der Waals surface area contributed by atoms with Crippen molar-refractivity contribution in [2.24, 2.45) is 0 Å². The van der Waals surface area contributed by atoms with Crippen LogP contribution in [0, 0.1) is 0 Å². The first-order valence-electron chi connectivity index (χ1n) is 9.33. The molecule has 2 heterocycles. The van der Waals surface area contributed by atoms with Crippen LogP contribution in [0.15, 0.2) is 46.7 Å². The van der Waals surface area contributed by atoms with Gasteiger partial charge >= 0.3 is 0 Å². The second kappa shape index (κ2) is 8.18. The monoisotopic (exact) mass is 418 g/mol. The fraction of sp³-hybridized carbons (Fsp3) is 0.421. The van der Waals surface area contributed by atoms with Crippen LogP contribution in [0.5, 0.6) is 0 Å². The van der Waals surface area contributed by atoms with E-state index in [1.165, 1.54) is 21.6 Å². The van der Waals surface area contributed by atoms with Gasteiger partial charge in [0.05, 0.1) is 10.6 Å². The number of hydrogen-bond donors (Lipinski definition) is 0. The van der Waals surface area contributed by atoms with E-state index in [9.17, 15) is 13.2 Å². The van der Waals surface area contributed by atoms with Crippen molar-refractivity contribution in [1.82, 2.24) is 19.2 Å². The molecule has 9 heteroatoms. The van der Waals surface area contributed by atoms with E-state index in [2.05, 4.69) is 9.97 Å². The molecule has 2 aliphatic rings. The van der Waals surface area contributed by atoms with Gasteiger partial charge in [0.25, 0.3) is 0 Å². The molecule has 0 atom stereocenters. The zero-order valence-corrected chi connectivity index (χ0v) is 17.1. The summed E-state index contributed by atoms with van der Waals surface area (Å²) in [7, 11) is -3.52. The fourth-order valence-electron chi connectivity index (χ4n) is 3.61. The highest BCUT2D eigenvalue weighted by Gasteiger charge is 2.30. The minimum atomic E-state index is -3.52. The molecule has 1 fully saturated rings. The Labute approximate surface area is 169 Å². The molecule has 1 aromatic carbocycles. The normalized spacial score (nSPS) is 17.5. The molecule has 148 valence electrons. The molecule has 0 radical (unpaired) electrons. The Morgan fingerprint density at radius 3 is 2.50 bits per heavy atom. The van der Waals surface area contributed by atoms with Gasteiger partial charge in [0.1, 0.15) is 0 Å². The van der Waals surface area contributed by atoms with Crippen molar-refractivity contribution >= 4 is 27.7 Å². The number of thioether (sulfide) groups is 1. The van der Waals surface area contributed by atoms with Crippen LogP contribution in [0.3, 0.4) is 0 Å². The van der Waals surface area contributed by atoms with Crippen molar-refractivity contribution in [3.63, 3.8) is 0 Å². The number of amides is 1. The van der Waals surface area contributed by atoms with Crippen LogP contribution in [0.1, 0.15) is 17.5 Å². The Kier molecular flexibility index (Phi) is 5.65. The summed E-state index contributed by atoms with van der Waals surface area (Å²) in [5.41, 5.74) is 2.41. The first-order chi connectivity index (χ1) is 13.5. The van der Waals surface area contributed by atoms with Crippen molar-refractivity contribution in [3.8, 4) is 0 Å². The molecule has 2 aromatic rings. The number of fused-ring (bicyclic) bond motifs is 1. The van der Waals surface area contributed by atoms with Crippen LogP contribution in [0.4, 0.5) is 0 Å². The molecule has 7 nitrogen and oxygen atoms in total. The highest BCUT2D eigenvalue weighted by molar-refractivity contribution is 7.99. The summed E-state index contributed by atoms with van der Waals surface area (Å²) in [6.07, 6.45) is 6.35. The van der Waals surface area contributed by atoms with Gasteiger partial charge in [-0.05, 0) is 48.6 Å². The van der Waals surface area contributed by atoms with Crippen molar-refractivity contribution < 1.29 is 13.2 Å². The van der Waals surface area contributed by atoms with Gasteiger partial charge in [-0.3, -0.25) is 4.79 Å². The molecule has 0 saturated carbocycles. The summed E-state index contributed by atoms with van der Waals surface area (Å²) in [6, 6.07) is 7.21. The van der Waals surface area contributed by atoms with E-state index in [4.69, 9.17) is 0 Å². The molecule has 0 spiro atoms. The minimum absolute atomic E-state index is 0.0213. The van der Waals surface area contributed by atoms with E-state index in [-0.39, 0.29) is 11.7 Å². The smallest absolute Gasteiger partial charge is 0.243 e. The summed E-state index contributed by atoms with van der Waals surface area (Å²) < 4.78 is 27.4. The summed E-state index contributed by atoms with van der Waals surface area (Å²) in [5, 5.41) is 0.564. The Morgan fingerprint density at radius 2 is 1.75 bits per heavy atom. The van der Waals surface area contributed by atoms with Crippen LogP contribution in [-0.4, -0.2) is 65.4 Å². The third-order valence-electron chi connectivity index (χ3n) is 5.17. The van der Waals surface area contributed by atoms with Crippen LogP contribution in [-0.2, 0) is 27.7 Å². The minimum Gasteiger partial charge on any atom is -0.339 e. The molecule has 0 unspecified atom stereocenters. The standard InChI is InChI=1S/C19H22N4O3S2/c24-18(14-27-19-20-7-2-8-21-19)22-9-11-23(12-10-22)28(25,26)17-6-5-15-3-1-4-16(15)13-17/h2,5-8,13H,1,3-4,9-12,14H2. The lowest BCUT2D eigenvalue weighted by Gasteiger charge is -2.34. The van der Waals surface area contributed by atoms with Crippen molar-refractivity contribution in [2.45, 2.75) is 29.3 Å². The summed E-state index contributed by atoms with van der Waals surface area (Å²) in [5.74, 6) is 0.230. The zero-order chi connectivity index (χ0) is 19.6. The maximum atomic E-state index is 13.0. The quantitative estimate of drug-likeness (QED) is 0.542. The average molecular weight is 419 g/mol. The first-order valence-corrected chi connectivity index (χ1v) is 11.8. The molecule has 1 aliphatic carbocycles. The van der Waals surface area contributed by atoms with Gasteiger partial charge < -0.3 is 4.90 Å². The highest BCUT2D eigenvalue weighted by Crippen LogP contribution is 2.26. The van der Waals surface area contributed by atoms with Crippen molar-refractivity contribution in [3.05, 3.63) is 47.8 Å². The van der Waals surface area contributed by atoms with E-state index in [1.54, 1.807) is 29.4 Å². The second-order valence-electron chi connectivity index (χ2n) is 6.89. The molecule has 0 N–H and O–H groups in total. The lowest BCUT2D eigenvalue weighted by Crippen LogP contribution is -2.51. The predicted molar refractivity (Wildman–Crippen MR) is 107 cm³/mol. The number of carbonyl (C=O) groups is 1. The summed E-state index contributed by atoms with van der Waals surface area (Å²) in [6.45, 7) is 1.44. The number of rotatable bonds is 5. The third kappa shape index (κ3) is 4.06. The largest absolute Gasteiger partial charge is 0.339 e. The molecule has 1 amide bonds. The van der Waals surface area contributed by atoms with Crippen LogP contribution < -0.4 is 0 Å². The molecule has 0 bridgehead atoms. The Bertz CT molecular complexity index is 958. The van der Waals surface area contributed by atoms with Gasteiger partial charge in [0.15, 0.2) is 5.16 Å². The Hall–Kier alpha value is -1.97. The number of carbonyl (C=O) groups excluding carboxylic acids is 1. The second-order valence-corrected chi connectivity index (χ2v) is 9.77. The Morgan fingerprint density at radius 1 is 1.04 bits per heavy atom. The lowest BCUT2D eigenvalue weighted by molar-refractivity contribution is -0.129. The lowest BCUT2D eigenvalue weighted by atomic mass is 10.1. The molecular formula is C19H22N4O3S2. The zero-order valence-electron chi connectivity index (χ0n) is 15.5. The van der Waals surface area contributed by atoms with E-state index in [0.29, 0.717) is 36.2 Å². The van der Waals surface area contributed by atoms with E-state index in [0.717, 1.165) is 24.8 Å².